The number of sulfonamides is 1. The summed E-state index contributed by atoms with van der Waals surface area (Å²) in [5, 5.41) is 4.98. The van der Waals surface area contributed by atoms with Gasteiger partial charge >= 0.3 is 0 Å². The second-order valence-electron chi connectivity index (χ2n) is 10.9. The molecule has 6 rings (SSSR count). The predicted octanol–water partition coefficient (Wildman–Crippen LogP) is 5.11. The lowest BCUT2D eigenvalue weighted by atomic mass is 9.89. The number of hydrogen-bond acceptors (Lipinski definition) is 6. The third-order valence-corrected chi connectivity index (χ3v) is 12.3. The molecule has 2 amide bonds. The van der Waals surface area contributed by atoms with Gasteiger partial charge in [-0.15, -0.1) is 11.8 Å². The van der Waals surface area contributed by atoms with Crippen LogP contribution in [0.25, 0.3) is 10.8 Å². The van der Waals surface area contributed by atoms with Crippen molar-refractivity contribution in [2.75, 3.05) is 37.0 Å². The fourth-order valence-corrected chi connectivity index (χ4v) is 10.4. The first-order valence-corrected chi connectivity index (χ1v) is 16.3. The maximum absolute atomic E-state index is 13.8. The molecule has 1 N–H and O–H groups in total. The van der Waals surface area contributed by atoms with Gasteiger partial charge in [0.1, 0.15) is 10.3 Å². The molecule has 3 unspecified atom stereocenters. The van der Waals surface area contributed by atoms with E-state index in [0.29, 0.717) is 52.8 Å². The number of methoxy groups -OCH3 is 1. The standard InChI is InChI=1S/C29H35N3O5S2/c1-37-17-7-15-31-23-14-13-22(20-9-6-10-21(27(20)23)29(31)34)30-28(33)24-11-4-5-16-32(24)39(35,36)26-18-19-8-2-3-12-25(19)38-26/h6,9-10,13-14,18-19,24-25H,2-5,7-8,11-12,15-17H2,1H3,(H,30,33). The van der Waals surface area contributed by atoms with Gasteiger partial charge in [0.05, 0.1) is 5.69 Å². The zero-order valence-corrected chi connectivity index (χ0v) is 23.9. The van der Waals surface area contributed by atoms with Crippen molar-refractivity contribution in [1.29, 1.82) is 0 Å². The minimum Gasteiger partial charge on any atom is -0.385 e. The summed E-state index contributed by atoms with van der Waals surface area (Å²) in [5.41, 5.74) is 2.04. The topological polar surface area (TPSA) is 96.0 Å². The normalized spacial score (nSPS) is 25.2. The van der Waals surface area contributed by atoms with Crippen molar-refractivity contribution in [2.45, 2.75) is 62.7 Å². The van der Waals surface area contributed by atoms with Crippen LogP contribution in [0.3, 0.4) is 0 Å². The molecule has 0 bridgehead atoms. The van der Waals surface area contributed by atoms with Gasteiger partial charge in [-0.25, -0.2) is 8.42 Å². The van der Waals surface area contributed by atoms with E-state index in [1.807, 2.05) is 36.4 Å². The zero-order valence-electron chi connectivity index (χ0n) is 22.2. The molecule has 8 nitrogen and oxygen atoms in total. The Labute approximate surface area is 234 Å². The number of nitrogens with one attached hydrogen (secondary N) is 1. The van der Waals surface area contributed by atoms with Crippen molar-refractivity contribution in [1.82, 2.24) is 4.31 Å². The molecule has 39 heavy (non-hydrogen) atoms. The lowest BCUT2D eigenvalue weighted by molar-refractivity contribution is -0.120. The van der Waals surface area contributed by atoms with Crippen LogP contribution in [0.5, 0.6) is 0 Å². The number of fused-ring (bicyclic) bond motifs is 1. The maximum Gasteiger partial charge on any atom is 0.258 e. The van der Waals surface area contributed by atoms with E-state index in [2.05, 4.69) is 5.32 Å². The number of benzene rings is 2. The Morgan fingerprint density at radius 2 is 1.92 bits per heavy atom. The highest BCUT2D eigenvalue weighted by molar-refractivity contribution is 8.18. The van der Waals surface area contributed by atoms with E-state index in [-0.39, 0.29) is 11.8 Å². The molecule has 1 saturated heterocycles. The first kappa shape index (κ1) is 26.8. The van der Waals surface area contributed by atoms with Crippen molar-refractivity contribution in [2.24, 2.45) is 5.92 Å². The minimum absolute atomic E-state index is 0.0531. The van der Waals surface area contributed by atoms with Crippen LogP contribution in [-0.4, -0.2) is 62.6 Å². The third-order valence-electron chi connectivity index (χ3n) is 8.46. The second kappa shape index (κ2) is 10.9. The number of ether oxygens (including phenoxy) is 1. The monoisotopic (exact) mass is 569 g/mol. The number of carbonyl (C=O) groups excluding carboxylic acids is 2. The Hall–Kier alpha value is -2.40. The maximum atomic E-state index is 13.8. The molecule has 2 fully saturated rings. The average molecular weight is 570 g/mol. The van der Waals surface area contributed by atoms with E-state index in [1.54, 1.807) is 12.0 Å². The van der Waals surface area contributed by atoms with E-state index >= 15 is 0 Å². The number of amides is 2. The number of nitrogens with zero attached hydrogens (tertiary/aromatic N) is 2. The fraction of sp³-hybridized carbons (Fsp3) is 0.517. The fourth-order valence-electron chi connectivity index (χ4n) is 6.50. The van der Waals surface area contributed by atoms with Crippen molar-refractivity contribution in [3.8, 4) is 0 Å². The Balaban J connectivity index is 1.26. The Bertz CT molecular complexity index is 1440. The molecule has 208 valence electrons. The molecule has 4 aliphatic rings. The van der Waals surface area contributed by atoms with Crippen molar-refractivity contribution < 1.29 is 22.7 Å². The van der Waals surface area contributed by atoms with Gasteiger partial charge in [0.25, 0.3) is 5.91 Å². The summed E-state index contributed by atoms with van der Waals surface area (Å²) in [4.78, 5) is 28.6. The van der Waals surface area contributed by atoms with E-state index < -0.39 is 16.1 Å². The van der Waals surface area contributed by atoms with Crippen LogP contribution >= 0.6 is 11.8 Å². The highest BCUT2D eigenvalue weighted by Gasteiger charge is 2.43. The van der Waals surface area contributed by atoms with Crippen LogP contribution in [0, 0.1) is 5.92 Å². The van der Waals surface area contributed by atoms with Crippen LogP contribution in [-0.2, 0) is 19.6 Å². The third kappa shape index (κ3) is 4.79. The summed E-state index contributed by atoms with van der Waals surface area (Å²) in [6.07, 6.45) is 9.09. The number of rotatable bonds is 8. The van der Waals surface area contributed by atoms with Crippen LogP contribution in [0.15, 0.2) is 40.6 Å². The van der Waals surface area contributed by atoms with Crippen molar-refractivity contribution in [3.05, 3.63) is 46.2 Å². The number of hydrogen-bond donors (Lipinski definition) is 1. The van der Waals surface area contributed by atoms with Gasteiger partial charge in [-0.2, -0.15) is 4.31 Å². The Kier molecular flexibility index (Phi) is 7.47. The van der Waals surface area contributed by atoms with Gasteiger partial charge in [0, 0.05) is 54.1 Å². The molecule has 3 aliphatic heterocycles. The summed E-state index contributed by atoms with van der Waals surface area (Å²) in [7, 11) is -2.10. The van der Waals surface area contributed by atoms with Gasteiger partial charge in [-0.05, 0) is 56.2 Å². The van der Waals surface area contributed by atoms with Crippen LogP contribution in [0.2, 0.25) is 0 Å². The minimum atomic E-state index is -3.74. The summed E-state index contributed by atoms with van der Waals surface area (Å²) in [6, 6.07) is 8.48. The molecule has 0 spiro atoms. The van der Waals surface area contributed by atoms with Crippen molar-refractivity contribution in [3.63, 3.8) is 0 Å². The summed E-state index contributed by atoms with van der Waals surface area (Å²) in [6.45, 7) is 1.46. The van der Waals surface area contributed by atoms with E-state index in [9.17, 15) is 18.0 Å². The summed E-state index contributed by atoms with van der Waals surface area (Å²) >= 11 is 1.49. The van der Waals surface area contributed by atoms with Crippen LogP contribution in [0.4, 0.5) is 11.4 Å². The van der Waals surface area contributed by atoms with Crippen LogP contribution < -0.4 is 10.2 Å². The van der Waals surface area contributed by atoms with Gasteiger partial charge < -0.3 is 15.0 Å². The van der Waals surface area contributed by atoms with Gasteiger partial charge in [0.2, 0.25) is 15.9 Å². The first-order valence-electron chi connectivity index (χ1n) is 14.0. The number of piperidine rings is 1. The SMILES string of the molecule is COCCCN1C(=O)c2cccc3c(NC(=O)C4CCCCN4S(=O)(=O)C4=CC5CCCCC5S4)ccc1c23. The number of allylic oxidation sites excluding steroid dienone is 1. The molecule has 0 radical (unpaired) electrons. The van der Waals surface area contributed by atoms with Crippen LogP contribution in [0.1, 0.15) is 61.7 Å². The Morgan fingerprint density at radius 1 is 1.10 bits per heavy atom. The average Bonchev–Trinajstić information content (AvgIpc) is 3.51. The molecule has 1 saturated carbocycles. The quantitative estimate of drug-likeness (QED) is 0.444. The molecule has 2 aromatic rings. The lowest BCUT2D eigenvalue weighted by Crippen LogP contribution is -2.49. The smallest absolute Gasteiger partial charge is 0.258 e. The highest BCUT2D eigenvalue weighted by atomic mass is 32.3. The molecule has 10 heteroatoms. The van der Waals surface area contributed by atoms with E-state index in [0.717, 1.165) is 61.4 Å². The number of carbonyl (C=O) groups is 2. The highest BCUT2D eigenvalue weighted by Crippen LogP contribution is 2.48. The summed E-state index contributed by atoms with van der Waals surface area (Å²) < 4.78 is 34.6. The molecule has 1 aliphatic carbocycles. The molecule has 2 aromatic carbocycles. The first-order chi connectivity index (χ1) is 18.9. The van der Waals surface area contributed by atoms with Gasteiger partial charge in [-0.1, -0.05) is 37.5 Å². The summed E-state index contributed by atoms with van der Waals surface area (Å²) in [5.74, 6) is -0.0557. The molecule has 0 aromatic heterocycles. The Morgan fingerprint density at radius 3 is 2.74 bits per heavy atom. The largest absolute Gasteiger partial charge is 0.385 e. The lowest BCUT2D eigenvalue weighted by Gasteiger charge is -2.34. The molecular weight excluding hydrogens is 534 g/mol. The van der Waals surface area contributed by atoms with Gasteiger partial charge in [-0.3, -0.25) is 9.59 Å². The molecule has 3 atom stereocenters. The van der Waals surface area contributed by atoms with E-state index in [1.165, 1.54) is 16.1 Å². The molecular formula is C29H35N3O5S2. The number of anilines is 2. The van der Waals surface area contributed by atoms with Gasteiger partial charge in [0.15, 0.2) is 0 Å². The second-order valence-corrected chi connectivity index (χ2v) is 14.3. The number of thioether (sulfide) groups is 1. The molecule has 3 heterocycles. The van der Waals surface area contributed by atoms with E-state index in [4.69, 9.17) is 4.74 Å². The predicted molar refractivity (Wildman–Crippen MR) is 155 cm³/mol. The van der Waals surface area contributed by atoms with Crippen molar-refractivity contribution >= 4 is 55.7 Å². The zero-order chi connectivity index (χ0) is 27.1.